The monoisotopic (exact) mass is 261 g/mol. The fraction of sp³-hybridized carbons (Fsp3) is 1.00. The molecule has 2 unspecified atom stereocenters. The number of hydrogen-bond acceptors (Lipinski definition) is 4. The van der Waals surface area contributed by atoms with Crippen molar-refractivity contribution in [3.05, 3.63) is 0 Å². The Balaban J connectivity index is 3.82. The van der Waals surface area contributed by atoms with E-state index in [2.05, 4.69) is 19.2 Å². The minimum absolute atomic E-state index is 0.516. The number of nitrogens with one attached hydrogen (secondary N) is 1. The Morgan fingerprint density at radius 1 is 0.944 bits per heavy atom. The van der Waals surface area contributed by atoms with Gasteiger partial charge in [0.1, 0.15) is 0 Å². The van der Waals surface area contributed by atoms with Crippen LogP contribution in [-0.4, -0.2) is 53.2 Å². The number of ether oxygens (including phenoxy) is 3. The Kier molecular flexibility index (Phi) is 13.2. The molecule has 0 aromatic carbocycles. The highest BCUT2D eigenvalue weighted by molar-refractivity contribution is 4.73. The summed E-state index contributed by atoms with van der Waals surface area (Å²) < 4.78 is 15.6. The Hall–Kier alpha value is -0.160. The van der Waals surface area contributed by atoms with Crippen molar-refractivity contribution >= 4 is 0 Å². The lowest BCUT2D eigenvalue weighted by molar-refractivity contribution is 0.0619. The average Bonchev–Trinajstić information content (AvgIpc) is 2.39. The van der Waals surface area contributed by atoms with E-state index in [9.17, 15) is 0 Å². The maximum Gasteiger partial charge on any atom is 0.0700 e. The second-order valence-corrected chi connectivity index (χ2v) is 4.71. The molecule has 0 aliphatic rings. The normalized spacial score (nSPS) is 14.7. The molecule has 0 fully saturated rings. The van der Waals surface area contributed by atoms with Gasteiger partial charge < -0.3 is 19.5 Å². The summed E-state index contributed by atoms with van der Waals surface area (Å²) in [6.45, 7) is 8.52. The predicted molar refractivity (Wildman–Crippen MR) is 75.1 cm³/mol. The molecule has 0 radical (unpaired) electrons. The zero-order chi connectivity index (χ0) is 13.6. The quantitative estimate of drug-likeness (QED) is 0.515. The van der Waals surface area contributed by atoms with Gasteiger partial charge in [-0.15, -0.1) is 0 Å². The van der Waals surface area contributed by atoms with Gasteiger partial charge in [-0.2, -0.15) is 0 Å². The standard InChI is InChI=1S/C14H31NO3/c1-5-8-15-14(13(2)6-9-16-3)7-10-18-12-11-17-4/h13-15H,5-12H2,1-4H3. The molecule has 0 heterocycles. The van der Waals surface area contributed by atoms with Gasteiger partial charge in [-0.1, -0.05) is 13.8 Å². The lowest BCUT2D eigenvalue weighted by Crippen LogP contribution is -2.37. The second kappa shape index (κ2) is 13.3. The molecule has 4 nitrogen and oxygen atoms in total. The van der Waals surface area contributed by atoms with Gasteiger partial charge in [-0.3, -0.25) is 0 Å². The Morgan fingerprint density at radius 2 is 1.67 bits per heavy atom. The van der Waals surface area contributed by atoms with Crippen LogP contribution in [0.5, 0.6) is 0 Å². The summed E-state index contributed by atoms with van der Waals surface area (Å²) in [6, 6.07) is 0.516. The van der Waals surface area contributed by atoms with E-state index in [1.165, 1.54) is 0 Å². The van der Waals surface area contributed by atoms with E-state index in [0.717, 1.165) is 39.0 Å². The lowest BCUT2D eigenvalue weighted by atomic mass is 9.96. The first kappa shape index (κ1) is 17.8. The van der Waals surface area contributed by atoms with Crippen molar-refractivity contribution < 1.29 is 14.2 Å². The van der Waals surface area contributed by atoms with Crippen LogP contribution in [0.1, 0.15) is 33.1 Å². The van der Waals surface area contributed by atoms with Crippen molar-refractivity contribution in [1.82, 2.24) is 5.32 Å². The predicted octanol–water partition coefficient (Wildman–Crippen LogP) is 2.08. The van der Waals surface area contributed by atoms with Crippen LogP contribution in [0.2, 0.25) is 0 Å². The molecule has 0 aliphatic carbocycles. The molecular formula is C14H31NO3. The van der Waals surface area contributed by atoms with Crippen LogP contribution in [0, 0.1) is 5.92 Å². The molecule has 110 valence electrons. The van der Waals surface area contributed by atoms with E-state index in [1.54, 1.807) is 14.2 Å². The summed E-state index contributed by atoms with van der Waals surface area (Å²) >= 11 is 0. The van der Waals surface area contributed by atoms with Gasteiger partial charge in [0.15, 0.2) is 0 Å². The smallest absolute Gasteiger partial charge is 0.0700 e. The van der Waals surface area contributed by atoms with Crippen molar-refractivity contribution in [3.8, 4) is 0 Å². The van der Waals surface area contributed by atoms with Crippen molar-refractivity contribution in [2.75, 3.05) is 47.2 Å². The molecule has 2 atom stereocenters. The van der Waals surface area contributed by atoms with E-state index in [4.69, 9.17) is 14.2 Å². The summed E-state index contributed by atoms with van der Waals surface area (Å²) in [6.07, 6.45) is 3.31. The summed E-state index contributed by atoms with van der Waals surface area (Å²) in [7, 11) is 3.46. The molecule has 0 saturated heterocycles. The van der Waals surface area contributed by atoms with Gasteiger partial charge in [0, 0.05) is 33.5 Å². The van der Waals surface area contributed by atoms with Crippen LogP contribution < -0.4 is 5.32 Å². The third kappa shape index (κ3) is 9.83. The zero-order valence-electron chi connectivity index (χ0n) is 12.5. The van der Waals surface area contributed by atoms with Crippen LogP contribution in [-0.2, 0) is 14.2 Å². The minimum Gasteiger partial charge on any atom is -0.385 e. The average molecular weight is 261 g/mol. The first-order valence-electron chi connectivity index (χ1n) is 7.05. The second-order valence-electron chi connectivity index (χ2n) is 4.71. The van der Waals surface area contributed by atoms with Crippen LogP contribution in [0.25, 0.3) is 0 Å². The van der Waals surface area contributed by atoms with E-state index >= 15 is 0 Å². The lowest BCUT2D eigenvalue weighted by Gasteiger charge is -2.25. The molecule has 0 aliphatic heterocycles. The van der Waals surface area contributed by atoms with E-state index in [1.807, 2.05) is 0 Å². The highest BCUT2D eigenvalue weighted by Gasteiger charge is 2.15. The van der Waals surface area contributed by atoms with Crippen molar-refractivity contribution in [2.24, 2.45) is 5.92 Å². The molecule has 0 spiro atoms. The SMILES string of the molecule is CCCNC(CCOCCOC)C(C)CCOC. The van der Waals surface area contributed by atoms with Gasteiger partial charge >= 0.3 is 0 Å². The van der Waals surface area contributed by atoms with E-state index in [-0.39, 0.29) is 0 Å². The van der Waals surface area contributed by atoms with Crippen LogP contribution in [0.3, 0.4) is 0 Å². The van der Waals surface area contributed by atoms with Gasteiger partial charge in [0.25, 0.3) is 0 Å². The maximum absolute atomic E-state index is 5.54. The molecule has 0 rings (SSSR count). The molecule has 0 bridgehead atoms. The third-order valence-electron chi connectivity index (χ3n) is 3.13. The van der Waals surface area contributed by atoms with Gasteiger partial charge in [0.2, 0.25) is 0 Å². The minimum atomic E-state index is 0.516. The third-order valence-corrected chi connectivity index (χ3v) is 3.13. The largest absolute Gasteiger partial charge is 0.385 e. The molecule has 1 N–H and O–H groups in total. The first-order chi connectivity index (χ1) is 8.76. The maximum atomic E-state index is 5.54. The molecular weight excluding hydrogens is 230 g/mol. The van der Waals surface area contributed by atoms with Crippen LogP contribution in [0.4, 0.5) is 0 Å². The summed E-state index contributed by atoms with van der Waals surface area (Å²) in [5.41, 5.74) is 0. The summed E-state index contributed by atoms with van der Waals surface area (Å²) in [5.74, 6) is 0.613. The number of methoxy groups -OCH3 is 2. The molecule has 18 heavy (non-hydrogen) atoms. The van der Waals surface area contributed by atoms with Crippen molar-refractivity contribution in [2.45, 2.75) is 39.2 Å². The highest BCUT2D eigenvalue weighted by atomic mass is 16.5. The van der Waals surface area contributed by atoms with Crippen LogP contribution in [0.15, 0.2) is 0 Å². The van der Waals surface area contributed by atoms with Crippen molar-refractivity contribution in [3.63, 3.8) is 0 Å². The first-order valence-corrected chi connectivity index (χ1v) is 7.05. The summed E-state index contributed by atoms with van der Waals surface area (Å²) in [5, 5.41) is 3.60. The Bertz CT molecular complexity index is 167. The van der Waals surface area contributed by atoms with Gasteiger partial charge in [-0.25, -0.2) is 0 Å². The Labute approximate surface area is 112 Å². The highest BCUT2D eigenvalue weighted by Crippen LogP contribution is 2.12. The van der Waals surface area contributed by atoms with E-state index < -0.39 is 0 Å². The van der Waals surface area contributed by atoms with E-state index in [0.29, 0.717) is 25.2 Å². The summed E-state index contributed by atoms with van der Waals surface area (Å²) in [4.78, 5) is 0. The molecule has 0 saturated carbocycles. The Morgan fingerprint density at radius 3 is 2.28 bits per heavy atom. The van der Waals surface area contributed by atoms with Crippen molar-refractivity contribution in [1.29, 1.82) is 0 Å². The topological polar surface area (TPSA) is 39.7 Å². The molecule has 0 amide bonds. The van der Waals surface area contributed by atoms with Gasteiger partial charge in [0.05, 0.1) is 13.2 Å². The van der Waals surface area contributed by atoms with Crippen LogP contribution >= 0.6 is 0 Å². The zero-order valence-corrected chi connectivity index (χ0v) is 12.5. The number of hydrogen-bond donors (Lipinski definition) is 1. The number of rotatable bonds is 13. The molecule has 0 aromatic rings. The fourth-order valence-corrected chi connectivity index (χ4v) is 1.88. The van der Waals surface area contributed by atoms with Gasteiger partial charge in [-0.05, 0) is 31.7 Å². The molecule has 4 heteroatoms. The molecule has 0 aromatic heterocycles. The fourth-order valence-electron chi connectivity index (χ4n) is 1.88.